The summed E-state index contributed by atoms with van der Waals surface area (Å²) in [5, 5.41) is 39.9. The second kappa shape index (κ2) is 5.64. The number of hydrogen-bond donors (Lipinski definition) is 4. The van der Waals surface area contributed by atoms with Gasteiger partial charge in [-0.25, -0.2) is 0 Å². The van der Waals surface area contributed by atoms with Crippen LogP contribution in [0, 0.1) is 5.92 Å². The Kier molecular flexibility index (Phi) is 4.14. The zero-order valence-corrected chi connectivity index (χ0v) is 12.5. The molecule has 0 amide bonds. The zero-order chi connectivity index (χ0) is 17.5. The van der Waals surface area contributed by atoms with E-state index in [1.165, 1.54) is 7.11 Å². The number of hydrogen-bond acceptors (Lipinski definition) is 8. The molecule has 1 aromatic rings. The van der Waals surface area contributed by atoms with Crippen LogP contribution in [0.1, 0.15) is 34.1 Å². The van der Waals surface area contributed by atoms with Gasteiger partial charge >= 0.3 is 0 Å². The maximum atomic E-state index is 12.6. The van der Waals surface area contributed by atoms with Gasteiger partial charge in [0.1, 0.15) is 11.5 Å². The number of phenols is 2. The van der Waals surface area contributed by atoms with Crippen LogP contribution < -0.4 is 4.74 Å². The maximum absolute atomic E-state index is 12.6. The highest BCUT2D eigenvalue weighted by molar-refractivity contribution is 6.22. The summed E-state index contributed by atoms with van der Waals surface area (Å²) in [6, 6.07) is 0.919. The molecule has 23 heavy (non-hydrogen) atoms. The van der Waals surface area contributed by atoms with Crippen LogP contribution in [0.3, 0.4) is 0 Å². The van der Waals surface area contributed by atoms with Gasteiger partial charge in [0.05, 0.1) is 30.8 Å². The normalized spacial score (nSPS) is 23.6. The van der Waals surface area contributed by atoms with E-state index in [0.29, 0.717) is 0 Å². The van der Waals surface area contributed by atoms with Gasteiger partial charge in [0.15, 0.2) is 22.9 Å². The number of aliphatic hydroxyl groups is 2. The second-order valence-corrected chi connectivity index (χ2v) is 5.43. The van der Waals surface area contributed by atoms with Crippen LogP contribution in [0.4, 0.5) is 0 Å². The second-order valence-electron chi connectivity index (χ2n) is 5.43. The third-order valence-electron chi connectivity index (χ3n) is 3.96. The smallest absolute Gasteiger partial charge is 0.202 e. The van der Waals surface area contributed by atoms with Crippen molar-refractivity contribution in [2.24, 2.45) is 5.92 Å². The van der Waals surface area contributed by atoms with Gasteiger partial charge in [-0.05, 0) is 6.92 Å². The first-order valence-electron chi connectivity index (χ1n) is 6.73. The molecular weight excluding hydrogens is 308 g/mol. The minimum Gasteiger partial charge on any atom is -0.507 e. The highest BCUT2D eigenvalue weighted by Crippen LogP contribution is 2.46. The number of benzene rings is 1. The molecule has 2 rings (SSSR count). The number of ketones is 3. The summed E-state index contributed by atoms with van der Waals surface area (Å²) in [5.74, 6) is -5.72. The molecule has 8 nitrogen and oxygen atoms in total. The first kappa shape index (κ1) is 16.9. The van der Waals surface area contributed by atoms with Crippen LogP contribution in [0.25, 0.3) is 0 Å². The van der Waals surface area contributed by atoms with E-state index in [0.717, 1.165) is 13.0 Å². The van der Waals surface area contributed by atoms with E-state index in [4.69, 9.17) is 4.74 Å². The molecule has 1 aliphatic carbocycles. The van der Waals surface area contributed by atoms with E-state index >= 15 is 0 Å². The van der Waals surface area contributed by atoms with Gasteiger partial charge in [0.2, 0.25) is 5.78 Å². The predicted octanol–water partition coefficient (Wildman–Crippen LogP) is -0.196. The van der Waals surface area contributed by atoms with Crippen molar-refractivity contribution in [3.05, 3.63) is 17.2 Å². The number of ether oxygens (including phenoxy) is 1. The van der Waals surface area contributed by atoms with Crippen LogP contribution in [-0.4, -0.2) is 57.1 Å². The minimum atomic E-state index is -2.55. The third kappa shape index (κ3) is 2.36. The van der Waals surface area contributed by atoms with Gasteiger partial charge < -0.3 is 30.0 Å². The van der Waals surface area contributed by atoms with Crippen LogP contribution >= 0.6 is 0 Å². The number of aromatic hydroxyl groups is 2. The predicted molar refractivity (Wildman–Crippen MR) is 75.8 cm³/mol. The molecule has 1 aromatic carbocycles. The summed E-state index contributed by atoms with van der Waals surface area (Å²) in [5.41, 5.74) is -3.69. The number of Topliss-reactive ketones (excluding diaryl/α,β-unsaturated/α-hetero) is 3. The van der Waals surface area contributed by atoms with Gasteiger partial charge in [0.25, 0.3) is 0 Å². The van der Waals surface area contributed by atoms with E-state index in [1.807, 2.05) is 0 Å². The third-order valence-corrected chi connectivity index (χ3v) is 3.96. The minimum absolute atomic E-state index is 0.238. The molecule has 0 aliphatic heterocycles. The molecule has 0 aromatic heterocycles. The lowest BCUT2D eigenvalue weighted by Crippen LogP contribution is -2.56. The van der Waals surface area contributed by atoms with E-state index < -0.39 is 64.5 Å². The quantitative estimate of drug-likeness (QED) is 0.558. The lowest BCUT2D eigenvalue weighted by atomic mass is 9.68. The lowest BCUT2D eigenvalue weighted by Gasteiger charge is -2.37. The highest BCUT2D eigenvalue weighted by atomic mass is 16.5. The molecule has 0 fully saturated rings. The Hall–Kier alpha value is -2.45. The van der Waals surface area contributed by atoms with E-state index in [1.54, 1.807) is 0 Å². The van der Waals surface area contributed by atoms with Gasteiger partial charge in [-0.1, -0.05) is 0 Å². The molecule has 124 valence electrons. The fourth-order valence-corrected chi connectivity index (χ4v) is 2.76. The van der Waals surface area contributed by atoms with Gasteiger partial charge in [-0.2, -0.15) is 0 Å². The topological polar surface area (TPSA) is 141 Å². The van der Waals surface area contributed by atoms with Crippen molar-refractivity contribution in [3.8, 4) is 17.2 Å². The number of fused-ring (bicyclic) bond motifs is 1. The molecule has 8 heteroatoms. The van der Waals surface area contributed by atoms with Crippen LogP contribution in [0.15, 0.2) is 6.07 Å². The van der Waals surface area contributed by atoms with Crippen molar-refractivity contribution < 1.29 is 39.5 Å². The number of carbonyl (C=O) groups excluding carboxylic acids is 3. The Labute approximate surface area is 130 Å². The van der Waals surface area contributed by atoms with Crippen LogP contribution in [0.5, 0.6) is 17.2 Å². The van der Waals surface area contributed by atoms with Crippen molar-refractivity contribution in [3.63, 3.8) is 0 Å². The summed E-state index contributed by atoms with van der Waals surface area (Å²) in [4.78, 5) is 36.5. The summed E-state index contributed by atoms with van der Waals surface area (Å²) in [7, 11) is 1.19. The molecule has 1 aliphatic rings. The SMILES string of the molecule is COc1cc(O)c2c(c1O)C(=O)C(CC(C)=O)[C@@](O)(CO)C2=O. The lowest BCUT2D eigenvalue weighted by molar-refractivity contribution is -0.119. The molecule has 4 N–H and O–H groups in total. The molecule has 0 radical (unpaired) electrons. The average molecular weight is 324 g/mol. The molecule has 0 spiro atoms. The highest BCUT2D eigenvalue weighted by Gasteiger charge is 2.55. The molecule has 0 saturated heterocycles. The first-order valence-corrected chi connectivity index (χ1v) is 6.73. The Morgan fingerprint density at radius 2 is 1.91 bits per heavy atom. The van der Waals surface area contributed by atoms with Crippen LogP contribution in [0.2, 0.25) is 0 Å². The number of methoxy groups -OCH3 is 1. The standard InChI is InChI=1S/C15H16O8/c1-6(17)3-7-12(19)11-10(14(21)15(7,22)5-16)8(18)4-9(23-2)13(11)20/h4,7,16,18,20,22H,3,5H2,1-2H3/t7?,15-/m0/s1. The molecule has 0 heterocycles. The van der Waals surface area contributed by atoms with Gasteiger partial charge in [-0.15, -0.1) is 0 Å². The fourth-order valence-electron chi connectivity index (χ4n) is 2.76. The number of carbonyl (C=O) groups is 3. The summed E-state index contributed by atoms with van der Waals surface area (Å²) < 4.78 is 4.82. The average Bonchev–Trinajstić information content (AvgIpc) is 2.50. The van der Waals surface area contributed by atoms with E-state index in [-0.39, 0.29) is 5.75 Å². The van der Waals surface area contributed by atoms with Crippen molar-refractivity contribution in [2.75, 3.05) is 13.7 Å². The maximum Gasteiger partial charge on any atom is 0.202 e. The van der Waals surface area contributed by atoms with Crippen LogP contribution in [-0.2, 0) is 4.79 Å². The Morgan fingerprint density at radius 3 is 2.39 bits per heavy atom. The molecule has 1 unspecified atom stereocenters. The molecular formula is C15H16O8. The van der Waals surface area contributed by atoms with Crippen molar-refractivity contribution in [2.45, 2.75) is 18.9 Å². The van der Waals surface area contributed by atoms with E-state index in [2.05, 4.69) is 0 Å². The fraction of sp³-hybridized carbons (Fsp3) is 0.400. The summed E-state index contributed by atoms with van der Waals surface area (Å²) in [6.45, 7) is 0.0508. The Morgan fingerprint density at radius 1 is 1.30 bits per heavy atom. The molecule has 0 saturated carbocycles. The monoisotopic (exact) mass is 324 g/mol. The van der Waals surface area contributed by atoms with Crippen molar-refractivity contribution >= 4 is 17.3 Å². The number of phenolic OH excluding ortho intramolecular Hbond substituents is 2. The van der Waals surface area contributed by atoms with Crippen molar-refractivity contribution in [1.29, 1.82) is 0 Å². The first-order chi connectivity index (χ1) is 10.7. The van der Waals surface area contributed by atoms with Gasteiger partial charge in [-0.3, -0.25) is 9.59 Å². The Bertz CT molecular complexity index is 708. The molecule has 2 atom stereocenters. The largest absolute Gasteiger partial charge is 0.507 e. The van der Waals surface area contributed by atoms with Crippen molar-refractivity contribution in [1.82, 2.24) is 0 Å². The summed E-state index contributed by atoms with van der Waals surface area (Å²) >= 11 is 0. The summed E-state index contributed by atoms with van der Waals surface area (Å²) in [6.07, 6.45) is -0.502. The Balaban J connectivity index is 2.79. The molecule has 0 bridgehead atoms. The number of aliphatic hydroxyl groups excluding tert-OH is 1. The zero-order valence-electron chi connectivity index (χ0n) is 12.5. The number of rotatable bonds is 4. The van der Waals surface area contributed by atoms with E-state index in [9.17, 15) is 34.8 Å². The van der Waals surface area contributed by atoms with Gasteiger partial charge in [0, 0.05) is 12.5 Å².